The number of hydrogen-bond acceptors (Lipinski definition) is 6. The zero-order valence-corrected chi connectivity index (χ0v) is 42.0. The molecule has 1 atom stereocenters. The number of allylic oxidation sites excluding steroid dienone is 12. The highest BCUT2D eigenvalue weighted by atomic mass is 16.6. The van der Waals surface area contributed by atoms with Crippen molar-refractivity contribution >= 4 is 17.9 Å². The quantitative estimate of drug-likeness (QED) is 0.0199. The molecule has 0 saturated heterocycles. The maximum absolute atomic E-state index is 12.8. The minimum Gasteiger partial charge on any atom is -0.462 e. The Bertz CT molecular complexity index is 1210. The van der Waals surface area contributed by atoms with Crippen LogP contribution in [0.1, 0.15) is 258 Å². The number of esters is 3. The lowest BCUT2D eigenvalue weighted by molar-refractivity contribution is -0.167. The van der Waals surface area contributed by atoms with Crippen molar-refractivity contribution in [3.8, 4) is 0 Å². The molecule has 0 rings (SSSR count). The van der Waals surface area contributed by atoms with Crippen LogP contribution in [0.2, 0.25) is 0 Å². The van der Waals surface area contributed by atoms with Crippen LogP contribution >= 0.6 is 0 Å². The Hall–Kier alpha value is -3.15. The molecule has 0 spiro atoms. The average molecular weight is 893 g/mol. The molecule has 0 aromatic heterocycles. The van der Waals surface area contributed by atoms with Gasteiger partial charge in [-0.1, -0.05) is 222 Å². The van der Waals surface area contributed by atoms with Crippen molar-refractivity contribution in [3.05, 3.63) is 72.9 Å². The van der Waals surface area contributed by atoms with Gasteiger partial charge in [-0.05, 0) is 89.9 Å². The number of carbonyl (C=O) groups excluding carboxylic acids is 3. The molecule has 0 aliphatic heterocycles. The number of ether oxygens (including phenoxy) is 3. The van der Waals surface area contributed by atoms with Crippen molar-refractivity contribution in [2.45, 2.75) is 264 Å². The summed E-state index contributed by atoms with van der Waals surface area (Å²) in [5.74, 6) is -0.944. The summed E-state index contributed by atoms with van der Waals surface area (Å²) in [4.78, 5) is 38.0. The SMILES string of the molecule is CCCC/C=C\C=C/CCCCCC(=O)OCC(COC(=O)CCCCCCC\C=C/C=C\C=C/CCCCCCC)OC(=O)CCCCCCCCC/C=C\CCCCCCCC. The van der Waals surface area contributed by atoms with Gasteiger partial charge in [0.15, 0.2) is 6.10 Å². The Morgan fingerprint density at radius 2 is 0.594 bits per heavy atom. The van der Waals surface area contributed by atoms with Gasteiger partial charge in [0.25, 0.3) is 0 Å². The highest BCUT2D eigenvalue weighted by molar-refractivity contribution is 5.71. The summed E-state index contributed by atoms with van der Waals surface area (Å²) in [5, 5.41) is 0. The number of rotatable bonds is 48. The lowest BCUT2D eigenvalue weighted by Crippen LogP contribution is -2.30. The third-order valence-corrected chi connectivity index (χ3v) is 11.5. The second-order valence-corrected chi connectivity index (χ2v) is 17.9. The standard InChI is InChI=1S/C58H100O6/c1-4-7-10-13-16-19-22-24-26-28-30-31-33-36-39-42-45-48-51-57(60)63-54-55(53-62-56(59)50-47-44-41-38-35-21-18-15-12-9-6-3)64-58(61)52-49-46-43-40-37-34-32-29-27-25-23-20-17-14-11-8-5-2/h15,18,21-22,24-28,30-31,35,55H,4-14,16-17,19-20,23,29,32-34,36-54H2,1-3H3/b18-15-,24-22-,27-25-,28-26-,31-30-,35-21-. The van der Waals surface area contributed by atoms with E-state index in [2.05, 4.69) is 93.7 Å². The summed E-state index contributed by atoms with van der Waals surface area (Å²) in [6, 6.07) is 0. The molecule has 0 aromatic rings. The van der Waals surface area contributed by atoms with E-state index >= 15 is 0 Å². The first-order valence-electron chi connectivity index (χ1n) is 27.0. The van der Waals surface area contributed by atoms with Crippen LogP contribution in [0.15, 0.2) is 72.9 Å². The van der Waals surface area contributed by atoms with Crippen molar-refractivity contribution in [1.29, 1.82) is 0 Å². The second-order valence-electron chi connectivity index (χ2n) is 17.9. The fourth-order valence-corrected chi connectivity index (χ4v) is 7.36. The molecule has 6 nitrogen and oxygen atoms in total. The van der Waals surface area contributed by atoms with Crippen LogP contribution in [0.4, 0.5) is 0 Å². The van der Waals surface area contributed by atoms with Crippen molar-refractivity contribution < 1.29 is 28.6 Å². The van der Waals surface area contributed by atoms with Gasteiger partial charge in [0.2, 0.25) is 0 Å². The molecule has 0 aromatic carbocycles. The molecular formula is C58H100O6. The van der Waals surface area contributed by atoms with E-state index in [1.54, 1.807) is 0 Å². The van der Waals surface area contributed by atoms with Gasteiger partial charge < -0.3 is 14.2 Å². The number of hydrogen-bond donors (Lipinski definition) is 0. The molecule has 6 heteroatoms. The van der Waals surface area contributed by atoms with Gasteiger partial charge in [0.05, 0.1) is 0 Å². The molecule has 0 saturated carbocycles. The normalized spacial score (nSPS) is 12.6. The molecule has 1 unspecified atom stereocenters. The molecule has 368 valence electrons. The van der Waals surface area contributed by atoms with Crippen molar-refractivity contribution in [2.75, 3.05) is 13.2 Å². The Labute approximate surface area is 395 Å². The molecule has 0 aliphatic carbocycles. The number of carbonyl (C=O) groups is 3. The van der Waals surface area contributed by atoms with E-state index < -0.39 is 6.10 Å². The van der Waals surface area contributed by atoms with Crippen molar-refractivity contribution in [3.63, 3.8) is 0 Å². The fraction of sp³-hybridized carbons (Fsp3) is 0.741. The summed E-state index contributed by atoms with van der Waals surface area (Å²) in [6.07, 6.45) is 66.0. The van der Waals surface area contributed by atoms with Crippen molar-refractivity contribution in [2.24, 2.45) is 0 Å². The predicted molar refractivity (Wildman–Crippen MR) is 274 cm³/mol. The van der Waals surface area contributed by atoms with Crippen molar-refractivity contribution in [1.82, 2.24) is 0 Å². The van der Waals surface area contributed by atoms with Crippen LogP contribution in [0.5, 0.6) is 0 Å². The second kappa shape index (κ2) is 52.5. The smallest absolute Gasteiger partial charge is 0.306 e. The zero-order valence-electron chi connectivity index (χ0n) is 42.0. The van der Waals surface area contributed by atoms with Crippen LogP contribution in [-0.2, 0) is 28.6 Å². The molecule has 0 aliphatic rings. The minimum atomic E-state index is -0.796. The molecule has 0 heterocycles. The molecule has 0 bridgehead atoms. The Balaban J connectivity index is 4.42. The summed E-state index contributed by atoms with van der Waals surface area (Å²) in [6.45, 7) is 6.53. The van der Waals surface area contributed by atoms with E-state index in [4.69, 9.17) is 14.2 Å². The van der Waals surface area contributed by atoms with Crippen LogP contribution in [0.3, 0.4) is 0 Å². The largest absolute Gasteiger partial charge is 0.462 e. The van der Waals surface area contributed by atoms with Gasteiger partial charge in [-0.3, -0.25) is 14.4 Å². The highest BCUT2D eigenvalue weighted by Gasteiger charge is 2.19. The van der Waals surface area contributed by atoms with E-state index in [0.29, 0.717) is 19.3 Å². The van der Waals surface area contributed by atoms with Gasteiger partial charge in [0, 0.05) is 19.3 Å². The zero-order chi connectivity index (χ0) is 46.5. The lowest BCUT2D eigenvalue weighted by Gasteiger charge is -2.18. The molecule has 64 heavy (non-hydrogen) atoms. The van der Waals surface area contributed by atoms with Crippen LogP contribution in [0.25, 0.3) is 0 Å². The average Bonchev–Trinajstić information content (AvgIpc) is 3.29. The predicted octanol–water partition coefficient (Wildman–Crippen LogP) is 17.8. The highest BCUT2D eigenvalue weighted by Crippen LogP contribution is 2.14. The molecule has 0 radical (unpaired) electrons. The Morgan fingerprint density at radius 3 is 0.984 bits per heavy atom. The van der Waals surface area contributed by atoms with Gasteiger partial charge in [-0.15, -0.1) is 0 Å². The Kier molecular flexibility index (Phi) is 49.9. The van der Waals surface area contributed by atoms with E-state index in [9.17, 15) is 14.4 Å². The van der Waals surface area contributed by atoms with E-state index in [1.807, 2.05) is 0 Å². The first-order valence-corrected chi connectivity index (χ1v) is 27.0. The van der Waals surface area contributed by atoms with Gasteiger partial charge in [0.1, 0.15) is 13.2 Å². The van der Waals surface area contributed by atoms with E-state index in [0.717, 1.165) is 96.3 Å². The Morgan fingerprint density at radius 1 is 0.312 bits per heavy atom. The first-order chi connectivity index (χ1) is 31.5. The van der Waals surface area contributed by atoms with Crippen LogP contribution in [-0.4, -0.2) is 37.2 Å². The minimum absolute atomic E-state index is 0.0963. The number of unbranched alkanes of at least 4 members (excludes halogenated alkanes) is 28. The maximum atomic E-state index is 12.8. The first kappa shape index (κ1) is 60.9. The summed E-state index contributed by atoms with van der Waals surface area (Å²) in [5.41, 5.74) is 0. The summed E-state index contributed by atoms with van der Waals surface area (Å²) in [7, 11) is 0. The third-order valence-electron chi connectivity index (χ3n) is 11.5. The molecular weight excluding hydrogens is 793 g/mol. The monoisotopic (exact) mass is 893 g/mol. The van der Waals surface area contributed by atoms with E-state index in [1.165, 1.54) is 122 Å². The summed E-state index contributed by atoms with van der Waals surface area (Å²) < 4.78 is 16.8. The van der Waals surface area contributed by atoms with Gasteiger partial charge in [-0.2, -0.15) is 0 Å². The maximum Gasteiger partial charge on any atom is 0.306 e. The third kappa shape index (κ3) is 49.9. The van der Waals surface area contributed by atoms with Crippen LogP contribution < -0.4 is 0 Å². The molecule has 0 amide bonds. The van der Waals surface area contributed by atoms with Gasteiger partial charge in [-0.25, -0.2) is 0 Å². The topological polar surface area (TPSA) is 78.9 Å². The summed E-state index contributed by atoms with van der Waals surface area (Å²) >= 11 is 0. The fourth-order valence-electron chi connectivity index (χ4n) is 7.36. The van der Waals surface area contributed by atoms with E-state index in [-0.39, 0.29) is 31.1 Å². The van der Waals surface area contributed by atoms with Gasteiger partial charge >= 0.3 is 17.9 Å². The molecule has 0 N–H and O–H groups in total. The lowest BCUT2D eigenvalue weighted by atomic mass is 10.1. The molecule has 0 fully saturated rings. The van der Waals surface area contributed by atoms with Crippen LogP contribution in [0, 0.1) is 0 Å².